The largest absolute Gasteiger partial charge is 0.458 e. The molecule has 0 heterocycles. The number of halogens is 5. The van der Waals surface area contributed by atoms with Crippen LogP contribution in [0.2, 0.25) is 0 Å². The predicted octanol–water partition coefficient (Wildman–Crippen LogP) is 4.54. The molecule has 0 saturated carbocycles. The van der Waals surface area contributed by atoms with Gasteiger partial charge in [0.2, 0.25) is 0 Å². The molecule has 0 amide bonds. The third-order valence-electron chi connectivity index (χ3n) is 2.32. The van der Waals surface area contributed by atoms with E-state index in [-0.39, 0.29) is 0 Å². The highest BCUT2D eigenvalue weighted by Crippen LogP contribution is 2.43. The topological polar surface area (TPSA) is 0 Å². The molecule has 0 aliphatic rings. The van der Waals surface area contributed by atoms with Gasteiger partial charge in [0.1, 0.15) is 0 Å². The van der Waals surface area contributed by atoms with E-state index in [1.54, 1.807) is 0 Å². The molecular weight excluding hydrogens is 239 g/mol. The van der Waals surface area contributed by atoms with E-state index in [0.29, 0.717) is 12.3 Å². The zero-order chi connectivity index (χ0) is 13.3. The van der Waals surface area contributed by atoms with Crippen molar-refractivity contribution >= 4 is 0 Å². The Kier molecular flexibility index (Phi) is 3.79. The summed E-state index contributed by atoms with van der Waals surface area (Å²) in [5.41, 5.74) is -0.265. The smallest absolute Gasteiger partial charge is 0.191 e. The summed E-state index contributed by atoms with van der Waals surface area (Å²) in [6.45, 7) is 3.89. The molecule has 0 nitrogen and oxygen atoms in total. The van der Waals surface area contributed by atoms with Crippen LogP contribution < -0.4 is 0 Å². The van der Waals surface area contributed by atoms with Crippen LogP contribution in [0.5, 0.6) is 0 Å². The summed E-state index contributed by atoms with van der Waals surface area (Å²) in [6, 6.07) is 4.31. The Balaban J connectivity index is 2.95. The fourth-order valence-electron chi connectivity index (χ4n) is 1.49. The fourth-order valence-corrected chi connectivity index (χ4v) is 1.49. The number of alkyl halides is 5. The first kappa shape index (κ1) is 13.9. The highest BCUT2D eigenvalue weighted by Gasteiger charge is 2.58. The van der Waals surface area contributed by atoms with Crippen LogP contribution in [0, 0.1) is 5.92 Å². The second-order valence-electron chi connectivity index (χ2n) is 4.37. The molecule has 0 aliphatic carbocycles. The molecule has 0 spiro atoms. The summed E-state index contributed by atoms with van der Waals surface area (Å²) in [6.07, 6.45) is -4.90. The first-order chi connectivity index (χ1) is 7.64. The first-order valence-electron chi connectivity index (χ1n) is 5.18. The minimum Gasteiger partial charge on any atom is -0.191 e. The van der Waals surface area contributed by atoms with Gasteiger partial charge in [-0.15, -0.1) is 0 Å². The van der Waals surface area contributed by atoms with Crippen molar-refractivity contribution in [3.05, 3.63) is 35.4 Å². The summed E-state index contributed by atoms with van der Waals surface area (Å²) >= 11 is 0. The Labute approximate surface area is 96.4 Å². The molecule has 1 aromatic rings. The molecule has 1 aromatic carbocycles. The monoisotopic (exact) mass is 252 g/mol. The first-order valence-corrected chi connectivity index (χ1v) is 5.18. The zero-order valence-electron chi connectivity index (χ0n) is 9.48. The lowest BCUT2D eigenvalue weighted by Gasteiger charge is -2.20. The van der Waals surface area contributed by atoms with Crippen LogP contribution in [0.25, 0.3) is 0 Å². The molecule has 0 atom stereocenters. The van der Waals surface area contributed by atoms with Crippen molar-refractivity contribution in [2.24, 2.45) is 5.92 Å². The Morgan fingerprint density at radius 3 is 1.76 bits per heavy atom. The standard InChI is InChI=1S/C12H13F5/c1-8(2)7-9-3-5-10(6-4-9)11(13,14)12(15,16)17/h3-6,8H,7H2,1-2H3. The summed E-state index contributed by atoms with van der Waals surface area (Å²) in [7, 11) is 0. The van der Waals surface area contributed by atoms with Gasteiger partial charge in [0.25, 0.3) is 0 Å². The van der Waals surface area contributed by atoms with Gasteiger partial charge in [0.05, 0.1) is 0 Å². The molecule has 0 saturated heterocycles. The van der Waals surface area contributed by atoms with Crippen molar-refractivity contribution in [1.82, 2.24) is 0 Å². The Bertz CT molecular complexity index is 361. The molecule has 96 valence electrons. The molecule has 1 rings (SSSR count). The van der Waals surface area contributed by atoms with Crippen molar-refractivity contribution < 1.29 is 22.0 Å². The molecule has 0 aromatic heterocycles. The molecule has 17 heavy (non-hydrogen) atoms. The van der Waals surface area contributed by atoms with Gasteiger partial charge in [-0.3, -0.25) is 0 Å². The lowest BCUT2D eigenvalue weighted by molar-refractivity contribution is -0.289. The molecular formula is C12H13F5. The van der Waals surface area contributed by atoms with Crippen LogP contribution in [0.4, 0.5) is 22.0 Å². The lowest BCUT2D eigenvalue weighted by atomic mass is 10.00. The molecule has 0 aliphatic heterocycles. The van der Waals surface area contributed by atoms with Gasteiger partial charge in [0, 0.05) is 5.56 Å². The number of rotatable bonds is 3. The van der Waals surface area contributed by atoms with E-state index in [1.807, 2.05) is 13.8 Å². The van der Waals surface area contributed by atoms with E-state index in [0.717, 1.165) is 17.7 Å². The number of benzene rings is 1. The van der Waals surface area contributed by atoms with Gasteiger partial charge in [-0.2, -0.15) is 22.0 Å². The fraction of sp³-hybridized carbons (Fsp3) is 0.500. The van der Waals surface area contributed by atoms with Crippen molar-refractivity contribution in [1.29, 1.82) is 0 Å². The summed E-state index contributed by atoms with van der Waals surface area (Å²) < 4.78 is 62.1. The van der Waals surface area contributed by atoms with E-state index >= 15 is 0 Å². The molecule has 0 unspecified atom stereocenters. The minimum absolute atomic E-state index is 0.323. The number of hydrogen-bond donors (Lipinski definition) is 0. The van der Waals surface area contributed by atoms with Crippen LogP contribution in [0.1, 0.15) is 25.0 Å². The van der Waals surface area contributed by atoms with E-state index in [1.165, 1.54) is 12.1 Å². The van der Waals surface area contributed by atoms with Gasteiger partial charge >= 0.3 is 12.1 Å². The van der Waals surface area contributed by atoms with E-state index in [2.05, 4.69) is 0 Å². The Hall–Kier alpha value is -1.13. The van der Waals surface area contributed by atoms with Crippen LogP contribution in [-0.2, 0) is 12.3 Å². The van der Waals surface area contributed by atoms with Gasteiger partial charge in [-0.1, -0.05) is 38.1 Å². The van der Waals surface area contributed by atoms with Crippen molar-refractivity contribution in [3.8, 4) is 0 Å². The van der Waals surface area contributed by atoms with Crippen molar-refractivity contribution in [2.75, 3.05) is 0 Å². The molecule has 0 N–H and O–H groups in total. The Morgan fingerprint density at radius 1 is 0.941 bits per heavy atom. The average molecular weight is 252 g/mol. The van der Waals surface area contributed by atoms with E-state index < -0.39 is 17.7 Å². The molecule has 0 bridgehead atoms. The van der Waals surface area contributed by atoms with Crippen LogP contribution in [0.15, 0.2) is 24.3 Å². The van der Waals surface area contributed by atoms with Gasteiger partial charge in [0.15, 0.2) is 0 Å². The molecule has 0 radical (unpaired) electrons. The van der Waals surface area contributed by atoms with Gasteiger partial charge < -0.3 is 0 Å². The highest BCUT2D eigenvalue weighted by molar-refractivity contribution is 5.27. The van der Waals surface area contributed by atoms with Crippen molar-refractivity contribution in [2.45, 2.75) is 32.4 Å². The van der Waals surface area contributed by atoms with Crippen LogP contribution in [-0.4, -0.2) is 6.18 Å². The Morgan fingerprint density at radius 2 is 1.41 bits per heavy atom. The third kappa shape index (κ3) is 3.17. The summed E-state index contributed by atoms with van der Waals surface area (Å²) in [5, 5.41) is 0. The summed E-state index contributed by atoms with van der Waals surface area (Å²) in [4.78, 5) is 0. The van der Waals surface area contributed by atoms with Gasteiger partial charge in [-0.05, 0) is 17.9 Å². The highest BCUT2D eigenvalue weighted by atomic mass is 19.4. The third-order valence-corrected chi connectivity index (χ3v) is 2.32. The van der Waals surface area contributed by atoms with Crippen molar-refractivity contribution in [3.63, 3.8) is 0 Å². The quantitative estimate of drug-likeness (QED) is 0.693. The second-order valence-corrected chi connectivity index (χ2v) is 4.37. The maximum Gasteiger partial charge on any atom is 0.458 e. The zero-order valence-corrected chi connectivity index (χ0v) is 9.48. The normalized spacial score (nSPS) is 13.2. The summed E-state index contributed by atoms with van der Waals surface area (Å²) in [5.74, 6) is -4.47. The van der Waals surface area contributed by atoms with E-state index in [4.69, 9.17) is 0 Å². The maximum absolute atomic E-state index is 12.9. The minimum atomic E-state index is -5.55. The second kappa shape index (κ2) is 4.63. The van der Waals surface area contributed by atoms with E-state index in [9.17, 15) is 22.0 Å². The van der Waals surface area contributed by atoms with Crippen LogP contribution >= 0.6 is 0 Å². The molecule has 5 heteroatoms. The SMILES string of the molecule is CC(C)Cc1ccc(C(F)(F)C(F)(F)F)cc1. The number of hydrogen-bond acceptors (Lipinski definition) is 0. The predicted molar refractivity (Wildman–Crippen MR) is 54.9 cm³/mol. The lowest BCUT2D eigenvalue weighted by Crippen LogP contribution is -2.33. The van der Waals surface area contributed by atoms with Gasteiger partial charge in [-0.25, -0.2) is 0 Å². The molecule has 0 fully saturated rings. The maximum atomic E-state index is 12.9. The average Bonchev–Trinajstić information content (AvgIpc) is 2.15. The van der Waals surface area contributed by atoms with Crippen LogP contribution in [0.3, 0.4) is 0 Å².